The first kappa shape index (κ1) is 17.0. The molecular formula is C15H21Br2FO. The second-order valence-corrected chi connectivity index (χ2v) is 6.33. The predicted octanol–water partition coefficient (Wildman–Crippen LogP) is 6.09. The van der Waals surface area contributed by atoms with E-state index in [1.807, 2.05) is 0 Å². The molecule has 1 aromatic rings. The van der Waals surface area contributed by atoms with Crippen molar-refractivity contribution in [2.24, 2.45) is 0 Å². The summed E-state index contributed by atoms with van der Waals surface area (Å²) < 4.78 is 19.3. The average molecular weight is 396 g/mol. The van der Waals surface area contributed by atoms with Crippen LogP contribution >= 0.6 is 31.9 Å². The Balaban J connectivity index is 2.01. The molecule has 0 aliphatic carbocycles. The molecule has 0 unspecified atom stereocenters. The number of unbranched alkanes of at least 4 members (excludes halogenated alkanes) is 6. The quantitative estimate of drug-likeness (QED) is 0.344. The Hall–Kier alpha value is -0.0900. The van der Waals surface area contributed by atoms with Crippen molar-refractivity contribution in [1.82, 2.24) is 0 Å². The fourth-order valence-electron chi connectivity index (χ4n) is 1.88. The smallest absolute Gasteiger partial charge is 0.128 e. The van der Waals surface area contributed by atoms with Gasteiger partial charge in [-0.05, 0) is 25.0 Å². The van der Waals surface area contributed by atoms with E-state index in [0.717, 1.165) is 11.8 Å². The van der Waals surface area contributed by atoms with Crippen LogP contribution in [0, 0.1) is 5.82 Å². The Morgan fingerprint density at radius 2 is 1.53 bits per heavy atom. The van der Waals surface area contributed by atoms with Crippen LogP contribution in [0.5, 0.6) is 5.75 Å². The van der Waals surface area contributed by atoms with Gasteiger partial charge in [-0.2, -0.15) is 0 Å². The zero-order valence-electron chi connectivity index (χ0n) is 11.1. The molecule has 0 amide bonds. The first-order valence-electron chi connectivity index (χ1n) is 6.87. The van der Waals surface area contributed by atoms with E-state index in [1.54, 1.807) is 6.07 Å². The summed E-state index contributed by atoms with van der Waals surface area (Å²) in [6.07, 6.45) is 8.70. The molecule has 0 spiro atoms. The van der Waals surface area contributed by atoms with Crippen LogP contribution < -0.4 is 4.74 Å². The van der Waals surface area contributed by atoms with Crippen molar-refractivity contribution >= 4 is 31.9 Å². The molecule has 1 rings (SSSR count). The molecule has 0 saturated heterocycles. The molecule has 0 aromatic heterocycles. The molecule has 0 atom stereocenters. The lowest BCUT2D eigenvalue weighted by atomic mass is 10.1. The van der Waals surface area contributed by atoms with E-state index in [-0.39, 0.29) is 5.82 Å². The molecule has 1 aromatic carbocycles. The lowest BCUT2D eigenvalue weighted by Crippen LogP contribution is -1.97. The highest BCUT2D eigenvalue weighted by atomic mass is 79.9. The Bertz CT molecular complexity index is 338. The van der Waals surface area contributed by atoms with Gasteiger partial charge in [0, 0.05) is 15.9 Å². The fourth-order valence-corrected chi connectivity index (χ4v) is 2.72. The molecule has 0 N–H and O–H groups in total. The van der Waals surface area contributed by atoms with Gasteiger partial charge in [-0.25, -0.2) is 4.39 Å². The summed E-state index contributed by atoms with van der Waals surface area (Å²) >= 11 is 6.69. The SMILES string of the molecule is Fc1cc(Br)cc(OCCCCCCCCCBr)c1. The van der Waals surface area contributed by atoms with Gasteiger partial charge in [0.15, 0.2) is 0 Å². The Morgan fingerprint density at radius 1 is 0.895 bits per heavy atom. The van der Waals surface area contributed by atoms with Crippen LogP contribution in [-0.2, 0) is 0 Å². The standard InChI is InChI=1S/C15H21Br2FO/c16-8-6-4-2-1-3-5-7-9-19-15-11-13(17)10-14(18)12-15/h10-12H,1-9H2. The second kappa shape index (κ2) is 10.7. The van der Waals surface area contributed by atoms with Gasteiger partial charge < -0.3 is 4.74 Å². The van der Waals surface area contributed by atoms with Gasteiger partial charge in [-0.3, -0.25) is 0 Å². The number of benzene rings is 1. The van der Waals surface area contributed by atoms with Crippen LogP contribution in [0.2, 0.25) is 0 Å². The number of ether oxygens (including phenoxy) is 1. The van der Waals surface area contributed by atoms with E-state index in [4.69, 9.17) is 4.74 Å². The largest absolute Gasteiger partial charge is 0.493 e. The van der Waals surface area contributed by atoms with Crippen LogP contribution in [0.25, 0.3) is 0 Å². The molecule has 4 heteroatoms. The van der Waals surface area contributed by atoms with Crippen LogP contribution in [0.4, 0.5) is 4.39 Å². The molecule has 0 bridgehead atoms. The maximum Gasteiger partial charge on any atom is 0.128 e. The van der Waals surface area contributed by atoms with Gasteiger partial charge in [0.25, 0.3) is 0 Å². The zero-order chi connectivity index (χ0) is 13.9. The monoisotopic (exact) mass is 394 g/mol. The minimum absolute atomic E-state index is 0.267. The van der Waals surface area contributed by atoms with E-state index in [9.17, 15) is 4.39 Å². The summed E-state index contributed by atoms with van der Waals surface area (Å²) in [6, 6.07) is 4.65. The van der Waals surface area contributed by atoms with Gasteiger partial charge in [-0.15, -0.1) is 0 Å². The van der Waals surface area contributed by atoms with Crippen molar-refractivity contribution in [2.45, 2.75) is 44.9 Å². The van der Waals surface area contributed by atoms with Crippen LogP contribution in [0.15, 0.2) is 22.7 Å². The van der Waals surface area contributed by atoms with E-state index in [0.29, 0.717) is 16.8 Å². The summed E-state index contributed by atoms with van der Waals surface area (Å²) in [5.41, 5.74) is 0. The summed E-state index contributed by atoms with van der Waals surface area (Å²) in [6.45, 7) is 0.664. The minimum Gasteiger partial charge on any atom is -0.493 e. The molecule has 0 heterocycles. The Kier molecular flexibility index (Phi) is 9.52. The molecule has 0 aliphatic heterocycles. The summed E-state index contributed by atoms with van der Waals surface area (Å²) in [4.78, 5) is 0. The third-order valence-electron chi connectivity index (χ3n) is 2.88. The number of hydrogen-bond donors (Lipinski definition) is 0. The number of alkyl halides is 1. The second-order valence-electron chi connectivity index (χ2n) is 4.62. The number of halogens is 3. The first-order chi connectivity index (χ1) is 9.22. The molecular weight excluding hydrogens is 375 g/mol. The van der Waals surface area contributed by atoms with Crippen molar-refractivity contribution in [2.75, 3.05) is 11.9 Å². The molecule has 0 fully saturated rings. The maximum atomic E-state index is 13.1. The average Bonchev–Trinajstić information content (AvgIpc) is 2.36. The van der Waals surface area contributed by atoms with Crippen LogP contribution in [0.1, 0.15) is 44.9 Å². The van der Waals surface area contributed by atoms with Crippen molar-refractivity contribution in [3.8, 4) is 5.75 Å². The Labute approximate surface area is 132 Å². The van der Waals surface area contributed by atoms with Crippen molar-refractivity contribution in [1.29, 1.82) is 0 Å². The third-order valence-corrected chi connectivity index (χ3v) is 3.90. The fraction of sp³-hybridized carbons (Fsp3) is 0.600. The summed E-state index contributed by atoms with van der Waals surface area (Å²) in [5.74, 6) is 0.334. The summed E-state index contributed by atoms with van der Waals surface area (Å²) in [7, 11) is 0. The lowest BCUT2D eigenvalue weighted by molar-refractivity contribution is 0.302. The van der Waals surface area contributed by atoms with E-state index in [2.05, 4.69) is 31.9 Å². The normalized spacial score (nSPS) is 10.7. The third kappa shape index (κ3) is 8.64. The molecule has 1 nitrogen and oxygen atoms in total. The highest BCUT2D eigenvalue weighted by Gasteiger charge is 2.00. The molecule has 0 radical (unpaired) electrons. The van der Waals surface area contributed by atoms with E-state index >= 15 is 0 Å². The van der Waals surface area contributed by atoms with Crippen molar-refractivity contribution < 1.29 is 9.13 Å². The predicted molar refractivity (Wildman–Crippen MR) is 85.7 cm³/mol. The van der Waals surface area contributed by atoms with E-state index < -0.39 is 0 Å². The minimum atomic E-state index is -0.267. The van der Waals surface area contributed by atoms with Gasteiger partial charge >= 0.3 is 0 Å². The maximum absolute atomic E-state index is 13.1. The lowest BCUT2D eigenvalue weighted by Gasteiger charge is -2.07. The highest BCUT2D eigenvalue weighted by molar-refractivity contribution is 9.10. The topological polar surface area (TPSA) is 9.23 Å². The zero-order valence-corrected chi connectivity index (χ0v) is 14.3. The molecule has 19 heavy (non-hydrogen) atoms. The van der Waals surface area contributed by atoms with E-state index in [1.165, 1.54) is 50.7 Å². The van der Waals surface area contributed by atoms with Crippen LogP contribution in [0.3, 0.4) is 0 Å². The molecule has 108 valence electrons. The first-order valence-corrected chi connectivity index (χ1v) is 8.78. The van der Waals surface area contributed by atoms with Crippen molar-refractivity contribution in [3.05, 3.63) is 28.5 Å². The van der Waals surface area contributed by atoms with Gasteiger partial charge in [0.2, 0.25) is 0 Å². The highest BCUT2D eigenvalue weighted by Crippen LogP contribution is 2.20. The molecule has 0 saturated carbocycles. The summed E-state index contributed by atoms with van der Waals surface area (Å²) in [5, 5.41) is 1.12. The van der Waals surface area contributed by atoms with Crippen LogP contribution in [-0.4, -0.2) is 11.9 Å². The Morgan fingerprint density at radius 3 is 2.16 bits per heavy atom. The van der Waals surface area contributed by atoms with Gasteiger partial charge in [0.05, 0.1) is 6.61 Å². The van der Waals surface area contributed by atoms with Gasteiger partial charge in [0.1, 0.15) is 11.6 Å². The van der Waals surface area contributed by atoms with Crippen molar-refractivity contribution in [3.63, 3.8) is 0 Å². The number of hydrogen-bond acceptors (Lipinski definition) is 1. The number of rotatable bonds is 10. The molecule has 0 aliphatic rings. The van der Waals surface area contributed by atoms with Gasteiger partial charge in [-0.1, -0.05) is 64.0 Å².